The lowest BCUT2D eigenvalue weighted by Gasteiger charge is -2.34. The van der Waals surface area contributed by atoms with Crippen molar-refractivity contribution in [3.05, 3.63) is 78.6 Å². The van der Waals surface area contributed by atoms with Gasteiger partial charge in [-0.05, 0) is 30.3 Å². The molecule has 4 aromatic rings. The Kier molecular flexibility index (Phi) is 5.24. The van der Waals surface area contributed by atoms with Gasteiger partial charge >= 0.3 is 0 Å². The van der Waals surface area contributed by atoms with Crippen molar-refractivity contribution in [2.45, 2.75) is 0 Å². The number of benzene rings is 1. The van der Waals surface area contributed by atoms with Crippen molar-refractivity contribution >= 4 is 11.9 Å². The van der Waals surface area contributed by atoms with Gasteiger partial charge in [-0.25, -0.2) is 19.0 Å². The van der Waals surface area contributed by atoms with Crippen LogP contribution in [0, 0.1) is 5.82 Å². The third-order valence-corrected chi connectivity index (χ3v) is 5.26. The lowest BCUT2D eigenvalue weighted by atomic mass is 10.1. The van der Waals surface area contributed by atoms with Crippen molar-refractivity contribution in [1.82, 2.24) is 34.8 Å². The Morgan fingerprint density at radius 1 is 0.844 bits per heavy atom. The minimum absolute atomic E-state index is 0.136. The maximum atomic E-state index is 14.5. The number of piperazine rings is 1. The van der Waals surface area contributed by atoms with E-state index in [1.165, 1.54) is 10.7 Å². The predicted octanol–water partition coefficient (Wildman–Crippen LogP) is 2.22. The predicted molar refractivity (Wildman–Crippen MR) is 115 cm³/mol. The summed E-state index contributed by atoms with van der Waals surface area (Å²) in [4.78, 5) is 30.0. The van der Waals surface area contributed by atoms with E-state index in [4.69, 9.17) is 0 Å². The van der Waals surface area contributed by atoms with Crippen LogP contribution in [0.3, 0.4) is 0 Å². The van der Waals surface area contributed by atoms with Crippen LogP contribution in [0.1, 0.15) is 10.5 Å². The Bertz CT molecular complexity index is 1220. The zero-order chi connectivity index (χ0) is 21.9. The van der Waals surface area contributed by atoms with E-state index in [-0.39, 0.29) is 17.3 Å². The molecule has 160 valence electrons. The van der Waals surface area contributed by atoms with Crippen molar-refractivity contribution in [1.29, 1.82) is 0 Å². The Balaban J connectivity index is 1.46. The van der Waals surface area contributed by atoms with E-state index in [0.717, 1.165) is 0 Å². The highest BCUT2D eigenvalue weighted by Gasteiger charge is 2.30. The van der Waals surface area contributed by atoms with Crippen LogP contribution in [0.25, 0.3) is 17.1 Å². The summed E-state index contributed by atoms with van der Waals surface area (Å²) in [6.07, 6.45) is 5.00. The summed E-state index contributed by atoms with van der Waals surface area (Å²) in [6, 6.07) is 13.3. The van der Waals surface area contributed by atoms with E-state index in [1.807, 2.05) is 4.90 Å². The molecule has 1 aromatic carbocycles. The molecule has 0 N–H and O–H groups in total. The molecule has 1 amide bonds. The van der Waals surface area contributed by atoms with Gasteiger partial charge in [0, 0.05) is 44.8 Å². The molecule has 3 aromatic heterocycles. The Morgan fingerprint density at radius 2 is 1.56 bits per heavy atom. The smallest absolute Gasteiger partial charge is 0.276 e. The lowest BCUT2D eigenvalue weighted by molar-refractivity contribution is 0.0741. The van der Waals surface area contributed by atoms with Crippen molar-refractivity contribution in [3.8, 4) is 17.1 Å². The highest BCUT2D eigenvalue weighted by molar-refractivity contribution is 5.98. The molecule has 1 aliphatic rings. The first-order chi connectivity index (χ1) is 15.7. The van der Waals surface area contributed by atoms with Gasteiger partial charge in [0.05, 0.1) is 5.69 Å². The van der Waals surface area contributed by atoms with Crippen LogP contribution in [-0.2, 0) is 0 Å². The molecule has 0 aliphatic carbocycles. The number of amides is 1. The van der Waals surface area contributed by atoms with Gasteiger partial charge in [-0.3, -0.25) is 9.78 Å². The number of halogens is 1. The summed E-state index contributed by atoms with van der Waals surface area (Å²) in [5.41, 5.74) is 1.18. The first kappa shape index (κ1) is 19.7. The molecule has 0 radical (unpaired) electrons. The van der Waals surface area contributed by atoms with E-state index in [2.05, 4.69) is 25.3 Å². The maximum absolute atomic E-state index is 14.5. The zero-order valence-electron chi connectivity index (χ0n) is 17.0. The summed E-state index contributed by atoms with van der Waals surface area (Å²) in [5, 5.41) is 8.25. The van der Waals surface area contributed by atoms with Gasteiger partial charge in [-0.1, -0.05) is 23.4 Å². The van der Waals surface area contributed by atoms with Crippen molar-refractivity contribution in [3.63, 3.8) is 0 Å². The number of anilines is 1. The molecule has 5 rings (SSSR count). The quantitative estimate of drug-likeness (QED) is 0.490. The van der Waals surface area contributed by atoms with Gasteiger partial charge in [-0.2, -0.15) is 0 Å². The van der Waals surface area contributed by atoms with Gasteiger partial charge in [0.1, 0.15) is 17.2 Å². The van der Waals surface area contributed by atoms with Crippen molar-refractivity contribution in [2.75, 3.05) is 31.1 Å². The largest absolute Gasteiger partial charge is 0.337 e. The van der Waals surface area contributed by atoms with Crippen LogP contribution in [0.15, 0.2) is 67.1 Å². The number of rotatable bonds is 4. The summed E-state index contributed by atoms with van der Waals surface area (Å²) in [7, 11) is 0. The number of pyridine rings is 1. The fourth-order valence-corrected chi connectivity index (χ4v) is 3.66. The topological polar surface area (TPSA) is 92.9 Å². The van der Waals surface area contributed by atoms with Crippen LogP contribution in [0.5, 0.6) is 0 Å². The molecule has 0 atom stereocenters. The minimum atomic E-state index is -0.468. The SMILES string of the molecule is O=C(c1nnn(-c2ccccc2F)c1-c1ccccn1)N1CCN(c2ncccn2)CC1. The number of hydrogen-bond acceptors (Lipinski definition) is 7. The van der Waals surface area contributed by atoms with E-state index < -0.39 is 5.82 Å². The molecule has 0 bridgehead atoms. The highest BCUT2D eigenvalue weighted by Crippen LogP contribution is 2.26. The average molecular weight is 430 g/mol. The first-order valence-corrected chi connectivity index (χ1v) is 10.2. The van der Waals surface area contributed by atoms with Crippen molar-refractivity contribution in [2.24, 2.45) is 0 Å². The highest BCUT2D eigenvalue weighted by atomic mass is 19.1. The summed E-state index contributed by atoms with van der Waals surface area (Å²) in [5.74, 6) is -0.105. The van der Waals surface area contributed by atoms with E-state index >= 15 is 0 Å². The number of carbonyl (C=O) groups is 1. The van der Waals surface area contributed by atoms with Gasteiger partial charge in [0.15, 0.2) is 5.69 Å². The first-order valence-electron chi connectivity index (χ1n) is 10.2. The normalized spacial score (nSPS) is 13.9. The number of hydrogen-bond donors (Lipinski definition) is 0. The molecule has 0 spiro atoms. The number of para-hydroxylation sites is 1. The molecule has 1 aliphatic heterocycles. The minimum Gasteiger partial charge on any atom is -0.337 e. The molecule has 4 heterocycles. The standard InChI is InChI=1S/C22H19FN8O/c23-16-6-1-2-8-18(16)31-20(17-7-3-4-9-24-17)19(27-28-31)21(32)29-12-14-30(15-13-29)22-25-10-5-11-26-22/h1-11H,12-15H2. The fourth-order valence-electron chi connectivity index (χ4n) is 3.66. The van der Waals surface area contributed by atoms with E-state index in [1.54, 1.807) is 66.0 Å². The molecule has 0 saturated carbocycles. The number of aromatic nitrogens is 6. The van der Waals surface area contributed by atoms with Crippen molar-refractivity contribution < 1.29 is 9.18 Å². The number of nitrogens with zero attached hydrogens (tertiary/aromatic N) is 8. The van der Waals surface area contributed by atoms with Crippen LogP contribution in [-0.4, -0.2) is 66.9 Å². The fraction of sp³-hybridized carbons (Fsp3) is 0.182. The Morgan fingerprint density at radius 3 is 2.28 bits per heavy atom. The second-order valence-electron chi connectivity index (χ2n) is 7.19. The van der Waals surface area contributed by atoms with Crippen LogP contribution in [0.2, 0.25) is 0 Å². The molecule has 10 heteroatoms. The zero-order valence-corrected chi connectivity index (χ0v) is 17.0. The average Bonchev–Trinajstić information content (AvgIpc) is 3.30. The van der Waals surface area contributed by atoms with Gasteiger partial charge in [0.25, 0.3) is 5.91 Å². The van der Waals surface area contributed by atoms with E-state index in [9.17, 15) is 9.18 Å². The molecular weight excluding hydrogens is 411 g/mol. The molecular formula is C22H19FN8O. The molecule has 9 nitrogen and oxygen atoms in total. The van der Waals surface area contributed by atoms with E-state index in [0.29, 0.717) is 43.5 Å². The lowest BCUT2D eigenvalue weighted by Crippen LogP contribution is -2.49. The third-order valence-electron chi connectivity index (χ3n) is 5.26. The van der Waals surface area contributed by atoms with Gasteiger partial charge < -0.3 is 9.80 Å². The molecule has 32 heavy (non-hydrogen) atoms. The molecule has 0 unspecified atom stereocenters. The second kappa shape index (κ2) is 8.50. The maximum Gasteiger partial charge on any atom is 0.276 e. The van der Waals surface area contributed by atoms with Crippen LogP contribution < -0.4 is 4.90 Å². The summed E-state index contributed by atoms with van der Waals surface area (Å²) >= 11 is 0. The number of carbonyl (C=O) groups excluding carboxylic acids is 1. The molecule has 1 saturated heterocycles. The monoisotopic (exact) mass is 430 g/mol. The molecule has 1 fully saturated rings. The van der Waals surface area contributed by atoms with Crippen LogP contribution >= 0.6 is 0 Å². The third kappa shape index (κ3) is 3.66. The van der Waals surface area contributed by atoms with Crippen LogP contribution in [0.4, 0.5) is 10.3 Å². The second-order valence-corrected chi connectivity index (χ2v) is 7.19. The Hall–Kier alpha value is -4.21. The van der Waals surface area contributed by atoms with Gasteiger partial charge in [0.2, 0.25) is 5.95 Å². The van der Waals surface area contributed by atoms with Gasteiger partial charge in [-0.15, -0.1) is 5.10 Å². The summed E-state index contributed by atoms with van der Waals surface area (Å²) < 4.78 is 15.9. The Labute approximate surface area is 183 Å². The summed E-state index contributed by atoms with van der Waals surface area (Å²) in [6.45, 7) is 2.14.